The van der Waals surface area contributed by atoms with Gasteiger partial charge in [0, 0.05) is 13.1 Å². The zero-order valence-electron chi connectivity index (χ0n) is 10.6. The Balaban J connectivity index is 2.21. The van der Waals surface area contributed by atoms with Crippen LogP contribution >= 0.6 is 0 Å². The van der Waals surface area contributed by atoms with Gasteiger partial charge >= 0.3 is 0 Å². The first-order chi connectivity index (χ1) is 9.04. The van der Waals surface area contributed by atoms with Crippen molar-refractivity contribution in [1.82, 2.24) is 4.31 Å². The van der Waals surface area contributed by atoms with E-state index in [0.29, 0.717) is 6.54 Å². The summed E-state index contributed by atoms with van der Waals surface area (Å²) in [5.74, 6) is 0. The van der Waals surface area contributed by atoms with Crippen LogP contribution in [0, 0.1) is 6.92 Å². The number of benzene rings is 1. The summed E-state index contributed by atoms with van der Waals surface area (Å²) < 4.78 is 31.4. The fourth-order valence-corrected chi connectivity index (χ4v) is 3.33. The van der Waals surface area contributed by atoms with E-state index in [1.807, 2.05) is 6.92 Å². The first-order valence-electron chi connectivity index (χ1n) is 5.90. The van der Waals surface area contributed by atoms with Crippen molar-refractivity contribution in [3.63, 3.8) is 0 Å². The van der Waals surface area contributed by atoms with Crippen molar-refractivity contribution < 1.29 is 18.4 Å². The third-order valence-corrected chi connectivity index (χ3v) is 4.83. The third kappa shape index (κ3) is 3.12. The quantitative estimate of drug-likeness (QED) is 0.507. The molecule has 1 saturated heterocycles. The second-order valence-electron chi connectivity index (χ2n) is 4.35. The molecule has 1 atom stereocenters. The Morgan fingerprint density at radius 1 is 1.42 bits per heavy atom. The van der Waals surface area contributed by atoms with Crippen molar-refractivity contribution in [3.05, 3.63) is 29.8 Å². The first kappa shape index (κ1) is 14.0. The molecule has 0 spiro atoms. The number of oxime groups is 1. The van der Waals surface area contributed by atoms with Crippen molar-refractivity contribution in [2.75, 3.05) is 19.7 Å². The van der Waals surface area contributed by atoms with Crippen LogP contribution in [0.15, 0.2) is 34.3 Å². The van der Waals surface area contributed by atoms with Crippen LogP contribution in [0.4, 0.5) is 0 Å². The highest BCUT2D eigenvalue weighted by Gasteiger charge is 2.30. The van der Waals surface area contributed by atoms with E-state index in [0.717, 1.165) is 5.56 Å². The predicted molar refractivity (Wildman–Crippen MR) is 70.0 cm³/mol. The Morgan fingerprint density at radius 3 is 2.74 bits per heavy atom. The molecule has 19 heavy (non-hydrogen) atoms. The van der Waals surface area contributed by atoms with E-state index in [1.54, 1.807) is 24.3 Å². The molecule has 7 heteroatoms. The molecule has 0 bridgehead atoms. The molecule has 0 aliphatic carbocycles. The maximum atomic E-state index is 12.4. The van der Waals surface area contributed by atoms with E-state index in [9.17, 15) is 8.42 Å². The molecule has 1 heterocycles. The molecule has 0 aromatic heterocycles. The number of sulfonamides is 1. The molecule has 6 nitrogen and oxygen atoms in total. The lowest BCUT2D eigenvalue weighted by molar-refractivity contribution is 0.0391. The summed E-state index contributed by atoms with van der Waals surface area (Å²) in [6.45, 7) is 2.63. The molecule has 0 amide bonds. The van der Waals surface area contributed by atoms with Gasteiger partial charge in [0.15, 0.2) is 0 Å². The summed E-state index contributed by atoms with van der Waals surface area (Å²) in [5.41, 5.74) is 1.01. The van der Waals surface area contributed by atoms with Crippen LogP contribution in [-0.4, -0.2) is 49.9 Å². The summed E-state index contributed by atoms with van der Waals surface area (Å²) in [6.07, 6.45) is 0.676. The summed E-state index contributed by atoms with van der Waals surface area (Å²) >= 11 is 0. The third-order valence-electron chi connectivity index (χ3n) is 2.95. The molecule has 0 radical (unpaired) electrons. The molecule has 1 aromatic rings. The van der Waals surface area contributed by atoms with Crippen molar-refractivity contribution in [3.8, 4) is 0 Å². The number of rotatable bonds is 3. The fraction of sp³-hybridized carbons (Fsp3) is 0.417. The van der Waals surface area contributed by atoms with E-state index >= 15 is 0 Å². The lowest BCUT2D eigenvalue weighted by Crippen LogP contribution is -2.46. The normalized spacial score (nSPS) is 21.8. The van der Waals surface area contributed by atoms with Crippen LogP contribution in [0.25, 0.3) is 0 Å². The number of ether oxygens (including phenoxy) is 1. The topological polar surface area (TPSA) is 79.2 Å². The van der Waals surface area contributed by atoms with Gasteiger partial charge in [-0.15, -0.1) is 0 Å². The molecule has 0 saturated carbocycles. The van der Waals surface area contributed by atoms with Crippen molar-refractivity contribution in [1.29, 1.82) is 0 Å². The van der Waals surface area contributed by atoms with Crippen LogP contribution in [0.3, 0.4) is 0 Å². The van der Waals surface area contributed by atoms with Crippen molar-refractivity contribution in [2.45, 2.75) is 17.9 Å². The molecule has 1 aliphatic heterocycles. The second kappa shape index (κ2) is 5.68. The molecule has 1 fully saturated rings. The lowest BCUT2D eigenvalue weighted by Gasteiger charge is -2.30. The average Bonchev–Trinajstić information content (AvgIpc) is 2.40. The van der Waals surface area contributed by atoms with E-state index in [1.165, 1.54) is 10.5 Å². The van der Waals surface area contributed by atoms with Crippen LogP contribution < -0.4 is 0 Å². The molecule has 2 rings (SSSR count). The van der Waals surface area contributed by atoms with Crippen LogP contribution in [0.5, 0.6) is 0 Å². The minimum atomic E-state index is -3.52. The van der Waals surface area contributed by atoms with Gasteiger partial charge in [0.2, 0.25) is 10.0 Å². The maximum Gasteiger partial charge on any atom is 0.243 e. The minimum absolute atomic E-state index is 0.153. The van der Waals surface area contributed by atoms with Gasteiger partial charge in [-0.2, -0.15) is 4.31 Å². The summed E-state index contributed by atoms with van der Waals surface area (Å²) in [4.78, 5) is 0.264. The van der Waals surface area contributed by atoms with Crippen molar-refractivity contribution in [2.24, 2.45) is 5.16 Å². The van der Waals surface area contributed by atoms with Gasteiger partial charge in [-0.05, 0) is 19.1 Å². The monoisotopic (exact) mass is 284 g/mol. The standard InChI is InChI=1S/C12H16N2O4S/c1-10-2-4-12(5-3-10)19(16,17)14-6-7-18-11(9-14)8-13-15/h2-5,8,11,15H,6-7,9H2,1H3. The van der Waals surface area contributed by atoms with Gasteiger partial charge in [0.1, 0.15) is 6.10 Å². The molecular weight excluding hydrogens is 268 g/mol. The fourth-order valence-electron chi connectivity index (χ4n) is 1.89. The summed E-state index contributed by atoms with van der Waals surface area (Å²) in [6, 6.07) is 6.71. The number of nitrogens with zero attached hydrogens (tertiary/aromatic N) is 2. The van der Waals surface area contributed by atoms with Gasteiger partial charge in [-0.1, -0.05) is 22.9 Å². The highest BCUT2D eigenvalue weighted by molar-refractivity contribution is 7.89. The Bertz CT molecular complexity index is 554. The van der Waals surface area contributed by atoms with Crippen molar-refractivity contribution >= 4 is 16.2 Å². The Kier molecular flexibility index (Phi) is 4.18. The number of aryl methyl sites for hydroxylation is 1. The molecule has 1 aromatic carbocycles. The van der Waals surface area contributed by atoms with Gasteiger partial charge < -0.3 is 9.94 Å². The lowest BCUT2D eigenvalue weighted by atomic mass is 10.2. The van der Waals surface area contributed by atoms with Gasteiger partial charge in [-0.25, -0.2) is 8.42 Å². The zero-order valence-corrected chi connectivity index (χ0v) is 11.4. The molecule has 104 valence electrons. The van der Waals surface area contributed by atoms with Crippen LogP contribution in [-0.2, 0) is 14.8 Å². The van der Waals surface area contributed by atoms with E-state index in [2.05, 4.69) is 5.16 Å². The summed E-state index contributed by atoms with van der Waals surface area (Å²) in [7, 11) is -3.52. The Morgan fingerprint density at radius 2 is 2.11 bits per heavy atom. The molecule has 1 N–H and O–H groups in total. The highest BCUT2D eigenvalue weighted by atomic mass is 32.2. The zero-order chi connectivity index (χ0) is 13.9. The van der Waals surface area contributed by atoms with Crippen LogP contribution in [0.2, 0.25) is 0 Å². The van der Waals surface area contributed by atoms with E-state index < -0.39 is 16.1 Å². The number of morpholine rings is 1. The highest BCUT2D eigenvalue weighted by Crippen LogP contribution is 2.18. The number of hydrogen-bond donors (Lipinski definition) is 1. The first-order valence-corrected chi connectivity index (χ1v) is 7.34. The molecular formula is C12H16N2O4S. The van der Waals surface area contributed by atoms with E-state index in [4.69, 9.17) is 9.94 Å². The maximum absolute atomic E-state index is 12.4. The minimum Gasteiger partial charge on any atom is -0.411 e. The van der Waals surface area contributed by atoms with E-state index in [-0.39, 0.29) is 18.0 Å². The SMILES string of the molecule is Cc1ccc(S(=O)(=O)N2CCOC(C=NO)C2)cc1. The van der Waals surface area contributed by atoms with Gasteiger partial charge in [0.05, 0.1) is 17.7 Å². The predicted octanol–water partition coefficient (Wildman–Crippen LogP) is 0.845. The Hall–Kier alpha value is -1.44. The van der Waals surface area contributed by atoms with Gasteiger partial charge in [-0.3, -0.25) is 0 Å². The largest absolute Gasteiger partial charge is 0.411 e. The summed E-state index contributed by atoms with van der Waals surface area (Å²) in [5, 5.41) is 11.4. The molecule has 1 unspecified atom stereocenters. The van der Waals surface area contributed by atoms with Crippen LogP contribution in [0.1, 0.15) is 5.56 Å². The smallest absolute Gasteiger partial charge is 0.243 e. The average molecular weight is 284 g/mol. The second-order valence-corrected chi connectivity index (χ2v) is 6.29. The molecule has 1 aliphatic rings. The Labute approximate surface area is 112 Å². The number of hydrogen-bond acceptors (Lipinski definition) is 5. The van der Waals surface area contributed by atoms with Gasteiger partial charge in [0.25, 0.3) is 0 Å².